The summed E-state index contributed by atoms with van der Waals surface area (Å²) in [5, 5.41) is 3.14. The lowest BCUT2D eigenvalue weighted by atomic mass is 10.0. The van der Waals surface area contributed by atoms with E-state index in [4.69, 9.17) is 4.74 Å². The highest BCUT2D eigenvalue weighted by molar-refractivity contribution is 6.46. The number of hydrogen-bond donors (Lipinski definition) is 1. The summed E-state index contributed by atoms with van der Waals surface area (Å²) in [6.45, 7) is 3.85. The topological polar surface area (TPSA) is 58.6 Å². The molecule has 0 saturated heterocycles. The molecule has 31 heavy (non-hydrogen) atoms. The molecule has 0 saturated carbocycles. The highest BCUT2D eigenvalue weighted by Gasteiger charge is 2.41. The van der Waals surface area contributed by atoms with Crippen molar-refractivity contribution in [2.75, 3.05) is 17.3 Å². The SMILES string of the molecule is COc1ccc(C2=C(Nc3cc(C)ccc3C)C(=O)N(c3ccccc3F)C2=O)cc1. The summed E-state index contributed by atoms with van der Waals surface area (Å²) < 4.78 is 19.7. The summed E-state index contributed by atoms with van der Waals surface area (Å²) in [5.74, 6) is -1.22. The van der Waals surface area contributed by atoms with Crippen LogP contribution in [0.3, 0.4) is 0 Å². The quantitative estimate of drug-likeness (QED) is 0.604. The maximum atomic E-state index is 14.5. The van der Waals surface area contributed by atoms with Gasteiger partial charge < -0.3 is 10.1 Å². The zero-order valence-electron chi connectivity index (χ0n) is 17.4. The first-order valence-electron chi connectivity index (χ1n) is 9.77. The third-order valence-corrected chi connectivity index (χ3v) is 5.21. The highest BCUT2D eigenvalue weighted by Crippen LogP contribution is 2.35. The van der Waals surface area contributed by atoms with Crippen LogP contribution in [0.4, 0.5) is 15.8 Å². The second kappa shape index (κ2) is 8.07. The van der Waals surface area contributed by atoms with Crippen molar-refractivity contribution >= 4 is 28.8 Å². The minimum Gasteiger partial charge on any atom is -0.497 e. The Balaban J connectivity index is 1.86. The molecule has 1 aliphatic heterocycles. The second-order valence-corrected chi connectivity index (χ2v) is 7.32. The Bertz CT molecular complexity index is 1220. The zero-order valence-corrected chi connectivity index (χ0v) is 17.4. The number of amides is 2. The number of benzene rings is 3. The molecule has 0 spiro atoms. The molecule has 0 unspecified atom stereocenters. The molecule has 0 bridgehead atoms. The molecular formula is C25H21FN2O3. The van der Waals surface area contributed by atoms with Crippen LogP contribution in [0.2, 0.25) is 0 Å². The monoisotopic (exact) mass is 416 g/mol. The second-order valence-electron chi connectivity index (χ2n) is 7.32. The molecule has 6 heteroatoms. The van der Waals surface area contributed by atoms with Crippen LogP contribution in [-0.4, -0.2) is 18.9 Å². The molecule has 1 heterocycles. The smallest absolute Gasteiger partial charge is 0.282 e. The van der Waals surface area contributed by atoms with Gasteiger partial charge in [0.15, 0.2) is 0 Å². The molecule has 156 valence electrons. The van der Waals surface area contributed by atoms with E-state index in [1.165, 1.54) is 18.2 Å². The number of methoxy groups -OCH3 is 1. The first kappa shape index (κ1) is 20.3. The van der Waals surface area contributed by atoms with Crippen molar-refractivity contribution in [1.82, 2.24) is 0 Å². The van der Waals surface area contributed by atoms with Crippen molar-refractivity contribution in [3.63, 3.8) is 0 Å². The average Bonchev–Trinajstić information content (AvgIpc) is 3.01. The Kier molecular flexibility index (Phi) is 5.29. The van der Waals surface area contributed by atoms with E-state index in [1.54, 1.807) is 37.4 Å². The molecule has 3 aromatic carbocycles. The van der Waals surface area contributed by atoms with Gasteiger partial charge in [0.1, 0.15) is 17.3 Å². The number of imide groups is 1. The number of carbonyl (C=O) groups is 2. The van der Waals surface area contributed by atoms with Crippen LogP contribution in [-0.2, 0) is 9.59 Å². The predicted molar refractivity (Wildman–Crippen MR) is 118 cm³/mol. The van der Waals surface area contributed by atoms with Crippen LogP contribution < -0.4 is 15.0 Å². The van der Waals surface area contributed by atoms with E-state index in [-0.39, 0.29) is 17.0 Å². The van der Waals surface area contributed by atoms with Gasteiger partial charge in [-0.25, -0.2) is 9.29 Å². The number of hydrogen-bond acceptors (Lipinski definition) is 4. The Morgan fingerprint density at radius 2 is 1.61 bits per heavy atom. The molecule has 3 aromatic rings. The van der Waals surface area contributed by atoms with Crippen LogP contribution in [0.15, 0.2) is 72.4 Å². The molecule has 4 rings (SSSR count). The van der Waals surface area contributed by atoms with Gasteiger partial charge in [-0.2, -0.15) is 0 Å². The third kappa shape index (κ3) is 3.68. The maximum Gasteiger partial charge on any atom is 0.282 e. The number of carbonyl (C=O) groups excluding carboxylic acids is 2. The highest BCUT2D eigenvalue weighted by atomic mass is 19.1. The number of anilines is 2. The van der Waals surface area contributed by atoms with Crippen molar-refractivity contribution in [3.05, 3.63) is 94.9 Å². The van der Waals surface area contributed by atoms with Crippen LogP contribution in [0, 0.1) is 19.7 Å². The average molecular weight is 416 g/mol. The van der Waals surface area contributed by atoms with Crippen LogP contribution in [0.1, 0.15) is 16.7 Å². The number of nitrogens with one attached hydrogen (secondary N) is 1. The predicted octanol–water partition coefficient (Wildman–Crippen LogP) is 4.85. The van der Waals surface area contributed by atoms with Gasteiger partial charge in [-0.1, -0.05) is 36.4 Å². The summed E-state index contributed by atoms with van der Waals surface area (Å²) in [4.78, 5) is 27.6. The first-order valence-corrected chi connectivity index (χ1v) is 9.77. The van der Waals surface area contributed by atoms with E-state index >= 15 is 0 Å². The van der Waals surface area contributed by atoms with Crippen LogP contribution >= 0.6 is 0 Å². The van der Waals surface area contributed by atoms with E-state index in [1.807, 2.05) is 32.0 Å². The molecule has 0 fully saturated rings. The lowest BCUT2D eigenvalue weighted by Crippen LogP contribution is -2.33. The number of aryl methyl sites for hydroxylation is 2. The lowest BCUT2D eigenvalue weighted by molar-refractivity contribution is -0.120. The summed E-state index contributed by atoms with van der Waals surface area (Å²) >= 11 is 0. The normalized spacial score (nSPS) is 13.7. The van der Waals surface area contributed by atoms with Gasteiger partial charge in [-0.3, -0.25) is 9.59 Å². The lowest BCUT2D eigenvalue weighted by Gasteiger charge is -2.16. The fourth-order valence-corrected chi connectivity index (χ4v) is 3.53. The molecular weight excluding hydrogens is 395 g/mol. The summed E-state index contributed by atoms with van der Waals surface area (Å²) in [6, 6.07) is 18.4. The summed E-state index contributed by atoms with van der Waals surface area (Å²) in [7, 11) is 1.55. The molecule has 0 radical (unpaired) electrons. The Labute approximate surface area is 179 Å². The maximum absolute atomic E-state index is 14.5. The van der Waals surface area contributed by atoms with Crippen molar-refractivity contribution in [1.29, 1.82) is 0 Å². The van der Waals surface area contributed by atoms with Crippen molar-refractivity contribution in [3.8, 4) is 5.75 Å². The molecule has 1 N–H and O–H groups in total. The molecule has 2 amide bonds. The molecule has 1 aliphatic rings. The Morgan fingerprint density at radius 3 is 2.29 bits per heavy atom. The molecule has 0 aliphatic carbocycles. The summed E-state index contributed by atoms with van der Waals surface area (Å²) in [5.41, 5.74) is 3.35. The Hall–Kier alpha value is -3.93. The standard InChI is InChI=1S/C25H21FN2O3/c1-15-8-9-16(2)20(14-15)27-23-22(17-10-12-18(31-3)13-11-17)24(29)28(25(23)30)21-7-5-4-6-19(21)26/h4-14,27H,1-3H3. The zero-order chi connectivity index (χ0) is 22.1. The molecule has 5 nitrogen and oxygen atoms in total. The van der Waals surface area contributed by atoms with Crippen molar-refractivity contribution in [2.45, 2.75) is 13.8 Å². The first-order chi connectivity index (χ1) is 14.9. The van der Waals surface area contributed by atoms with Crippen molar-refractivity contribution < 1.29 is 18.7 Å². The van der Waals surface area contributed by atoms with Gasteiger partial charge in [0.2, 0.25) is 0 Å². The van der Waals surface area contributed by atoms with Gasteiger partial charge >= 0.3 is 0 Å². The van der Waals surface area contributed by atoms with E-state index in [0.717, 1.165) is 16.0 Å². The molecule has 0 aromatic heterocycles. The number of nitrogens with zero attached hydrogens (tertiary/aromatic N) is 1. The van der Waals surface area contributed by atoms with Crippen LogP contribution in [0.25, 0.3) is 5.57 Å². The van der Waals surface area contributed by atoms with Gasteiger partial charge in [0, 0.05) is 5.69 Å². The van der Waals surface area contributed by atoms with E-state index in [9.17, 15) is 14.0 Å². The van der Waals surface area contributed by atoms with Gasteiger partial charge in [-0.15, -0.1) is 0 Å². The van der Waals surface area contributed by atoms with Crippen LogP contribution in [0.5, 0.6) is 5.75 Å². The van der Waals surface area contributed by atoms with Gasteiger partial charge in [0.25, 0.3) is 11.8 Å². The Morgan fingerprint density at radius 1 is 0.903 bits per heavy atom. The van der Waals surface area contributed by atoms with Gasteiger partial charge in [-0.05, 0) is 60.9 Å². The molecule has 0 atom stereocenters. The third-order valence-electron chi connectivity index (χ3n) is 5.21. The fraction of sp³-hybridized carbons (Fsp3) is 0.120. The number of ether oxygens (including phenoxy) is 1. The number of para-hydroxylation sites is 1. The minimum atomic E-state index is -0.647. The van der Waals surface area contributed by atoms with E-state index in [0.29, 0.717) is 17.0 Å². The van der Waals surface area contributed by atoms with E-state index in [2.05, 4.69) is 5.32 Å². The summed E-state index contributed by atoms with van der Waals surface area (Å²) in [6.07, 6.45) is 0. The number of halogens is 1. The number of rotatable bonds is 5. The van der Waals surface area contributed by atoms with E-state index < -0.39 is 17.6 Å². The van der Waals surface area contributed by atoms with Gasteiger partial charge in [0.05, 0.1) is 18.4 Å². The largest absolute Gasteiger partial charge is 0.497 e. The fourth-order valence-electron chi connectivity index (χ4n) is 3.53. The minimum absolute atomic E-state index is 0.0822. The van der Waals surface area contributed by atoms with Crippen molar-refractivity contribution in [2.24, 2.45) is 0 Å².